The molecule has 0 spiro atoms. The van der Waals surface area contributed by atoms with Crippen molar-refractivity contribution in [3.63, 3.8) is 0 Å². The number of amides is 1. The average molecular weight is 290 g/mol. The summed E-state index contributed by atoms with van der Waals surface area (Å²) in [5.74, 6) is 1.12. The van der Waals surface area contributed by atoms with E-state index in [0.29, 0.717) is 5.75 Å². The lowest BCUT2D eigenvalue weighted by Gasteiger charge is -2.11. The molecular formula is C14H18N4OS. The molecule has 0 unspecified atom stereocenters. The standard InChI is InChI=1S/C14H18N4OS/c1-9-6-5-7-10(2)13(9)15-12(19)8-20-14-17-16-11(3)18(14)4/h5-7H,8H2,1-4H3,(H,15,19). The maximum absolute atomic E-state index is 12.0. The van der Waals surface area contributed by atoms with Crippen molar-refractivity contribution in [2.75, 3.05) is 11.1 Å². The second-order valence-electron chi connectivity index (χ2n) is 4.69. The lowest BCUT2D eigenvalue weighted by molar-refractivity contribution is -0.113. The zero-order valence-corrected chi connectivity index (χ0v) is 12.9. The first-order valence-electron chi connectivity index (χ1n) is 6.34. The summed E-state index contributed by atoms with van der Waals surface area (Å²) in [7, 11) is 1.89. The van der Waals surface area contributed by atoms with Crippen molar-refractivity contribution >= 4 is 23.4 Å². The van der Waals surface area contributed by atoms with Crippen molar-refractivity contribution in [2.45, 2.75) is 25.9 Å². The summed E-state index contributed by atoms with van der Waals surface area (Å²) in [5, 5.41) is 11.7. The molecule has 0 aliphatic rings. The summed E-state index contributed by atoms with van der Waals surface area (Å²) in [6, 6.07) is 5.96. The molecule has 1 aromatic carbocycles. The van der Waals surface area contributed by atoms with Crippen LogP contribution in [0.25, 0.3) is 0 Å². The zero-order valence-electron chi connectivity index (χ0n) is 12.1. The van der Waals surface area contributed by atoms with Gasteiger partial charge in [-0.2, -0.15) is 0 Å². The quantitative estimate of drug-likeness (QED) is 0.879. The fraction of sp³-hybridized carbons (Fsp3) is 0.357. The van der Waals surface area contributed by atoms with Gasteiger partial charge in [0.05, 0.1) is 5.75 Å². The normalized spacial score (nSPS) is 10.6. The molecule has 106 valence electrons. The molecule has 20 heavy (non-hydrogen) atoms. The fourth-order valence-electron chi connectivity index (χ4n) is 1.83. The maximum Gasteiger partial charge on any atom is 0.234 e. The van der Waals surface area contributed by atoms with E-state index in [4.69, 9.17) is 0 Å². The van der Waals surface area contributed by atoms with Crippen molar-refractivity contribution < 1.29 is 4.79 Å². The molecular weight excluding hydrogens is 272 g/mol. The monoisotopic (exact) mass is 290 g/mol. The van der Waals surface area contributed by atoms with Gasteiger partial charge in [-0.3, -0.25) is 4.79 Å². The van der Waals surface area contributed by atoms with Crippen LogP contribution < -0.4 is 5.32 Å². The Labute approximate surface area is 122 Å². The van der Waals surface area contributed by atoms with Crippen LogP contribution in [0.5, 0.6) is 0 Å². The number of nitrogens with zero attached hydrogens (tertiary/aromatic N) is 3. The number of hydrogen-bond acceptors (Lipinski definition) is 4. The third-order valence-electron chi connectivity index (χ3n) is 3.13. The summed E-state index contributed by atoms with van der Waals surface area (Å²) < 4.78 is 1.87. The van der Waals surface area contributed by atoms with E-state index < -0.39 is 0 Å². The summed E-state index contributed by atoms with van der Waals surface area (Å²) >= 11 is 1.38. The van der Waals surface area contributed by atoms with Crippen LogP contribution in [-0.2, 0) is 11.8 Å². The number of hydrogen-bond donors (Lipinski definition) is 1. The minimum Gasteiger partial charge on any atom is -0.325 e. The van der Waals surface area contributed by atoms with Gasteiger partial charge in [-0.05, 0) is 31.9 Å². The Kier molecular flexibility index (Phi) is 4.44. The van der Waals surface area contributed by atoms with E-state index >= 15 is 0 Å². The van der Waals surface area contributed by atoms with Gasteiger partial charge >= 0.3 is 0 Å². The highest BCUT2D eigenvalue weighted by Crippen LogP contribution is 2.21. The molecule has 0 bridgehead atoms. The Hall–Kier alpha value is -1.82. The SMILES string of the molecule is Cc1cccc(C)c1NC(=O)CSc1nnc(C)n1C. The molecule has 5 nitrogen and oxygen atoms in total. The van der Waals surface area contributed by atoms with E-state index in [2.05, 4.69) is 15.5 Å². The molecule has 1 amide bonds. The number of para-hydroxylation sites is 1. The smallest absolute Gasteiger partial charge is 0.234 e. The van der Waals surface area contributed by atoms with E-state index in [9.17, 15) is 4.79 Å². The van der Waals surface area contributed by atoms with Crippen LogP contribution >= 0.6 is 11.8 Å². The van der Waals surface area contributed by atoms with Crippen LogP contribution in [0.2, 0.25) is 0 Å². The second kappa shape index (κ2) is 6.09. The van der Waals surface area contributed by atoms with Crippen molar-refractivity contribution in [3.8, 4) is 0 Å². The third kappa shape index (κ3) is 3.19. The highest BCUT2D eigenvalue weighted by atomic mass is 32.2. The molecule has 0 saturated carbocycles. The Morgan fingerprint density at radius 2 is 1.90 bits per heavy atom. The van der Waals surface area contributed by atoms with Gasteiger partial charge in [0, 0.05) is 12.7 Å². The van der Waals surface area contributed by atoms with E-state index in [0.717, 1.165) is 27.8 Å². The van der Waals surface area contributed by atoms with Gasteiger partial charge in [-0.25, -0.2) is 0 Å². The summed E-state index contributed by atoms with van der Waals surface area (Å²) in [4.78, 5) is 12.0. The molecule has 0 atom stereocenters. The Balaban J connectivity index is 1.98. The number of carbonyl (C=O) groups is 1. The summed E-state index contributed by atoms with van der Waals surface area (Å²) in [6.07, 6.45) is 0. The number of benzene rings is 1. The first-order valence-corrected chi connectivity index (χ1v) is 7.32. The molecule has 0 aliphatic carbocycles. The molecule has 1 aromatic heterocycles. The first-order chi connectivity index (χ1) is 9.49. The average Bonchev–Trinajstić information content (AvgIpc) is 2.72. The minimum absolute atomic E-state index is 0.0342. The zero-order chi connectivity index (χ0) is 14.7. The number of carbonyl (C=O) groups excluding carboxylic acids is 1. The van der Waals surface area contributed by atoms with Gasteiger partial charge in [0.2, 0.25) is 5.91 Å². The Bertz CT molecular complexity index is 616. The van der Waals surface area contributed by atoms with Crippen LogP contribution in [0, 0.1) is 20.8 Å². The lowest BCUT2D eigenvalue weighted by atomic mass is 10.1. The largest absolute Gasteiger partial charge is 0.325 e. The molecule has 0 aliphatic heterocycles. The highest BCUT2D eigenvalue weighted by Gasteiger charge is 2.11. The van der Waals surface area contributed by atoms with Crippen molar-refractivity contribution in [2.24, 2.45) is 7.05 Å². The molecule has 1 heterocycles. The number of thioether (sulfide) groups is 1. The van der Waals surface area contributed by atoms with E-state index in [1.807, 2.05) is 50.6 Å². The van der Waals surface area contributed by atoms with Crippen LogP contribution in [0.1, 0.15) is 17.0 Å². The van der Waals surface area contributed by atoms with Gasteiger partial charge in [0.1, 0.15) is 5.82 Å². The van der Waals surface area contributed by atoms with E-state index in [1.165, 1.54) is 11.8 Å². The van der Waals surface area contributed by atoms with Gasteiger partial charge in [-0.15, -0.1) is 10.2 Å². The predicted octanol–water partition coefficient (Wildman–Crippen LogP) is 2.47. The first kappa shape index (κ1) is 14.6. The maximum atomic E-state index is 12.0. The Morgan fingerprint density at radius 3 is 2.45 bits per heavy atom. The summed E-state index contributed by atoms with van der Waals surface area (Å²) in [6.45, 7) is 5.86. The summed E-state index contributed by atoms with van der Waals surface area (Å²) in [5.41, 5.74) is 3.03. The number of nitrogens with one attached hydrogen (secondary N) is 1. The van der Waals surface area contributed by atoms with E-state index in [1.54, 1.807) is 0 Å². The third-order valence-corrected chi connectivity index (χ3v) is 4.15. The van der Waals surface area contributed by atoms with Gasteiger partial charge in [0.15, 0.2) is 5.16 Å². The molecule has 1 N–H and O–H groups in total. The number of aryl methyl sites for hydroxylation is 3. The Morgan fingerprint density at radius 1 is 1.25 bits per heavy atom. The molecule has 2 aromatic rings. The number of anilines is 1. The fourth-order valence-corrected chi connectivity index (χ4v) is 2.59. The minimum atomic E-state index is -0.0342. The van der Waals surface area contributed by atoms with Crippen LogP contribution in [0.3, 0.4) is 0 Å². The van der Waals surface area contributed by atoms with Crippen LogP contribution in [-0.4, -0.2) is 26.4 Å². The topological polar surface area (TPSA) is 59.8 Å². The molecule has 0 fully saturated rings. The highest BCUT2D eigenvalue weighted by molar-refractivity contribution is 7.99. The molecule has 6 heteroatoms. The molecule has 2 rings (SSSR count). The van der Waals surface area contributed by atoms with Crippen molar-refractivity contribution in [1.29, 1.82) is 0 Å². The van der Waals surface area contributed by atoms with Crippen LogP contribution in [0.4, 0.5) is 5.69 Å². The molecule has 0 saturated heterocycles. The van der Waals surface area contributed by atoms with Crippen molar-refractivity contribution in [3.05, 3.63) is 35.2 Å². The van der Waals surface area contributed by atoms with Gasteiger partial charge in [-0.1, -0.05) is 30.0 Å². The van der Waals surface area contributed by atoms with Gasteiger partial charge in [0.25, 0.3) is 0 Å². The van der Waals surface area contributed by atoms with Crippen molar-refractivity contribution in [1.82, 2.24) is 14.8 Å². The second-order valence-corrected chi connectivity index (χ2v) is 5.63. The molecule has 0 radical (unpaired) electrons. The van der Waals surface area contributed by atoms with Crippen LogP contribution in [0.15, 0.2) is 23.4 Å². The number of rotatable bonds is 4. The number of aromatic nitrogens is 3. The van der Waals surface area contributed by atoms with E-state index in [-0.39, 0.29) is 5.91 Å². The van der Waals surface area contributed by atoms with Gasteiger partial charge < -0.3 is 9.88 Å². The predicted molar refractivity (Wildman–Crippen MR) is 81.0 cm³/mol. The lowest BCUT2D eigenvalue weighted by Crippen LogP contribution is -2.16.